The maximum Gasteiger partial charge on any atom is 0.0358 e. The molecule has 0 nitrogen and oxygen atoms in total. The molecule has 30 heavy (non-hydrogen) atoms. The van der Waals surface area contributed by atoms with Crippen LogP contribution in [0.25, 0.3) is 64.3 Å². The van der Waals surface area contributed by atoms with Crippen molar-refractivity contribution in [3.63, 3.8) is 0 Å². The normalized spacial score (nSPS) is 12.2. The van der Waals surface area contributed by atoms with Gasteiger partial charge in [-0.2, -0.15) is 0 Å². The Morgan fingerprint density at radius 2 is 1.23 bits per heavy atom. The predicted molar refractivity (Wildman–Crippen MR) is 131 cm³/mol. The highest BCUT2D eigenvalue weighted by Gasteiger charge is 2.22. The van der Waals surface area contributed by atoms with Gasteiger partial charge in [-0.15, -0.1) is 11.3 Å². The van der Waals surface area contributed by atoms with Gasteiger partial charge in [-0.1, -0.05) is 72.8 Å². The lowest BCUT2D eigenvalue weighted by atomic mass is 9.93. The molecule has 5 aromatic carbocycles. The number of thiophene rings is 1. The summed E-state index contributed by atoms with van der Waals surface area (Å²) >= 11 is 1.89. The van der Waals surface area contributed by atoms with Crippen molar-refractivity contribution in [2.24, 2.45) is 0 Å². The van der Waals surface area contributed by atoms with Crippen molar-refractivity contribution in [2.45, 2.75) is 6.92 Å². The summed E-state index contributed by atoms with van der Waals surface area (Å²) in [5.74, 6) is 0. The highest BCUT2D eigenvalue weighted by Crippen LogP contribution is 2.49. The summed E-state index contributed by atoms with van der Waals surface area (Å²) < 4.78 is 2.74. The van der Waals surface area contributed by atoms with Crippen LogP contribution in [-0.4, -0.2) is 0 Å². The molecule has 1 heteroatoms. The van der Waals surface area contributed by atoms with E-state index >= 15 is 0 Å². The van der Waals surface area contributed by atoms with Crippen LogP contribution in [0.4, 0.5) is 0 Å². The van der Waals surface area contributed by atoms with E-state index in [1.165, 1.54) is 69.9 Å². The Morgan fingerprint density at radius 1 is 0.500 bits per heavy atom. The summed E-state index contributed by atoms with van der Waals surface area (Å²) in [5, 5.41) is 5.51. The van der Waals surface area contributed by atoms with Gasteiger partial charge in [-0.05, 0) is 74.8 Å². The second kappa shape index (κ2) is 5.81. The number of aryl methyl sites for hydroxylation is 1. The maximum atomic E-state index is 2.40. The Hall–Kier alpha value is -3.42. The first-order valence-corrected chi connectivity index (χ1v) is 11.2. The summed E-state index contributed by atoms with van der Waals surface area (Å²) in [7, 11) is 0. The first-order chi connectivity index (χ1) is 14.8. The average Bonchev–Trinajstić information content (AvgIpc) is 3.32. The van der Waals surface area contributed by atoms with Crippen molar-refractivity contribution in [3.8, 4) is 33.4 Å². The van der Waals surface area contributed by atoms with E-state index in [1.807, 2.05) is 11.3 Å². The Labute approximate surface area is 179 Å². The van der Waals surface area contributed by atoms with E-state index in [0.717, 1.165) is 0 Å². The zero-order chi connectivity index (χ0) is 19.8. The Bertz CT molecular complexity index is 1620. The van der Waals surface area contributed by atoms with Crippen molar-refractivity contribution >= 4 is 42.3 Å². The van der Waals surface area contributed by atoms with Gasteiger partial charge in [0.25, 0.3) is 0 Å². The first-order valence-electron chi connectivity index (χ1n) is 10.4. The molecule has 0 spiro atoms. The summed E-state index contributed by atoms with van der Waals surface area (Å²) in [5.41, 5.74) is 9.39. The number of benzene rings is 5. The van der Waals surface area contributed by atoms with Gasteiger partial charge in [0.05, 0.1) is 0 Å². The third-order valence-electron chi connectivity index (χ3n) is 6.56. The molecule has 0 unspecified atom stereocenters. The molecule has 0 aliphatic heterocycles. The van der Waals surface area contributed by atoms with Crippen LogP contribution in [0.15, 0.2) is 91.0 Å². The molecule has 1 aromatic heterocycles. The molecule has 1 aliphatic rings. The largest absolute Gasteiger partial charge is 0.135 e. The number of hydrogen-bond donors (Lipinski definition) is 0. The topological polar surface area (TPSA) is 0 Å². The number of rotatable bonds is 1. The Balaban J connectivity index is 1.54. The highest BCUT2D eigenvalue weighted by molar-refractivity contribution is 7.25. The van der Waals surface area contributed by atoms with Crippen molar-refractivity contribution in [1.29, 1.82) is 0 Å². The average molecular weight is 399 g/mol. The van der Waals surface area contributed by atoms with E-state index in [0.29, 0.717) is 0 Å². The molecule has 0 radical (unpaired) electrons. The molecule has 1 aliphatic carbocycles. The summed E-state index contributed by atoms with van der Waals surface area (Å²) in [6, 6.07) is 33.8. The zero-order valence-corrected chi connectivity index (χ0v) is 17.4. The smallest absolute Gasteiger partial charge is 0.0358 e. The molecule has 0 bridgehead atoms. The van der Waals surface area contributed by atoms with Gasteiger partial charge in [0.2, 0.25) is 0 Å². The van der Waals surface area contributed by atoms with Crippen LogP contribution in [-0.2, 0) is 0 Å². The van der Waals surface area contributed by atoms with Gasteiger partial charge in [0, 0.05) is 20.2 Å². The molecule has 0 amide bonds. The maximum absolute atomic E-state index is 2.40. The minimum atomic E-state index is 1.30. The molecule has 0 N–H and O–H groups in total. The van der Waals surface area contributed by atoms with Crippen LogP contribution >= 0.6 is 11.3 Å². The van der Waals surface area contributed by atoms with E-state index < -0.39 is 0 Å². The molecule has 0 saturated carbocycles. The second-order valence-corrected chi connectivity index (χ2v) is 9.28. The van der Waals surface area contributed by atoms with Crippen LogP contribution in [0.1, 0.15) is 5.56 Å². The van der Waals surface area contributed by atoms with Crippen LogP contribution < -0.4 is 0 Å². The molecule has 0 fully saturated rings. The van der Waals surface area contributed by atoms with E-state index in [4.69, 9.17) is 0 Å². The fraction of sp³-hybridized carbons (Fsp3) is 0.0345. The van der Waals surface area contributed by atoms with Gasteiger partial charge < -0.3 is 0 Å². The lowest BCUT2D eigenvalue weighted by Gasteiger charge is -2.10. The van der Waals surface area contributed by atoms with Gasteiger partial charge in [-0.25, -0.2) is 0 Å². The zero-order valence-electron chi connectivity index (χ0n) is 16.6. The van der Waals surface area contributed by atoms with E-state index in [9.17, 15) is 0 Å². The quantitative estimate of drug-likeness (QED) is 0.259. The fourth-order valence-corrected chi connectivity index (χ4v) is 6.40. The van der Waals surface area contributed by atoms with E-state index in [1.54, 1.807) is 0 Å². The van der Waals surface area contributed by atoms with Gasteiger partial charge in [0.15, 0.2) is 0 Å². The van der Waals surface area contributed by atoms with Crippen molar-refractivity contribution in [1.82, 2.24) is 0 Å². The lowest BCUT2D eigenvalue weighted by molar-refractivity contribution is 1.55. The summed E-state index contributed by atoms with van der Waals surface area (Å²) in [4.78, 5) is 0. The van der Waals surface area contributed by atoms with E-state index in [2.05, 4.69) is 97.9 Å². The molecule has 0 atom stereocenters. The van der Waals surface area contributed by atoms with Crippen molar-refractivity contribution < 1.29 is 0 Å². The Kier molecular flexibility index (Phi) is 3.17. The summed E-state index contributed by atoms with van der Waals surface area (Å²) in [6.45, 7) is 2.22. The molecule has 7 rings (SSSR count). The molecular weight excluding hydrogens is 380 g/mol. The highest BCUT2D eigenvalue weighted by atomic mass is 32.1. The van der Waals surface area contributed by atoms with Crippen LogP contribution in [0.3, 0.4) is 0 Å². The van der Waals surface area contributed by atoms with Crippen LogP contribution in [0.5, 0.6) is 0 Å². The fourth-order valence-electron chi connectivity index (χ4n) is 5.23. The molecule has 6 aromatic rings. The van der Waals surface area contributed by atoms with E-state index in [-0.39, 0.29) is 0 Å². The summed E-state index contributed by atoms with van der Waals surface area (Å²) in [6.07, 6.45) is 0. The molecule has 140 valence electrons. The minimum Gasteiger partial charge on any atom is -0.135 e. The lowest BCUT2D eigenvalue weighted by Crippen LogP contribution is -1.83. The monoisotopic (exact) mass is 398 g/mol. The Morgan fingerprint density at radius 3 is 2.10 bits per heavy atom. The third kappa shape index (κ3) is 2.05. The van der Waals surface area contributed by atoms with Gasteiger partial charge in [-0.3, -0.25) is 0 Å². The second-order valence-electron chi connectivity index (χ2n) is 8.20. The van der Waals surface area contributed by atoms with Crippen molar-refractivity contribution in [3.05, 3.63) is 96.6 Å². The number of fused-ring (bicyclic) bond motifs is 6. The molecular formula is C29H18S. The molecule has 1 heterocycles. The van der Waals surface area contributed by atoms with Gasteiger partial charge >= 0.3 is 0 Å². The van der Waals surface area contributed by atoms with Crippen molar-refractivity contribution in [2.75, 3.05) is 0 Å². The standard InChI is InChI=1S/C29H18S/c1-17-6-4-11-27-28(17)25-16-18(12-15-26(25)30-27)19-13-14-24-21-8-3-2-7-20(21)23-10-5-9-22(19)29(23)24/h2-16H,1H3. The number of hydrogen-bond acceptors (Lipinski definition) is 1. The minimum absolute atomic E-state index is 1.30. The van der Waals surface area contributed by atoms with Crippen LogP contribution in [0.2, 0.25) is 0 Å². The SMILES string of the molecule is Cc1cccc2sc3ccc(-c4ccc5c6c(cccc46)-c4ccccc4-5)cc3c12. The third-order valence-corrected chi connectivity index (χ3v) is 7.70. The first kappa shape index (κ1) is 16.4. The predicted octanol–water partition coefficient (Wildman–Crippen LogP) is 8.83. The molecule has 0 saturated heterocycles. The van der Waals surface area contributed by atoms with Crippen LogP contribution in [0, 0.1) is 6.92 Å². The van der Waals surface area contributed by atoms with Gasteiger partial charge in [0.1, 0.15) is 0 Å².